The fourth-order valence-electron chi connectivity index (χ4n) is 1.40. The highest BCUT2D eigenvalue weighted by Crippen LogP contribution is 2.11. The lowest BCUT2D eigenvalue weighted by Crippen LogP contribution is -2.41. The molecule has 0 bridgehead atoms. The Morgan fingerprint density at radius 3 is 2.50 bits per heavy atom. The Balaban J connectivity index is 2.40. The van der Waals surface area contributed by atoms with Crippen molar-refractivity contribution in [2.45, 2.75) is 19.4 Å². The Kier molecular flexibility index (Phi) is 5.26. The van der Waals surface area contributed by atoms with Crippen LogP contribution in [0, 0.1) is 10.1 Å². The van der Waals surface area contributed by atoms with Crippen LogP contribution >= 0.6 is 0 Å². The molecule has 1 rings (SSSR count). The van der Waals surface area contributed by atoms with Crippen LogP contribution in [0.5, 0.6) is 0 Å². The first-order valence-corrected chi connectivity index (χ1v) is 5.73. The minimum absolute atomic E-state index is 0.0561. The number of carbonyl (C=O) groups is 1. The number of nitro groups is 1. The molecule has 0 aliphatic heterocycles. The molecule has 0 aliphatic carbocycles. The topological polar surface area (TPSA) is 84.3 Å². The van der Waals surface area contributed by atoms with E-state index in [2.05, 4.69) is 10.6 Å². The van der Waals surface area contributed by atoms with Crippen LogP contribution in [-0.4, -0.2) is 30.5 Å². The molecule has 1 amide bonds. The standard InChI is InChI=1S/C12H17N3O3/c1-9(13-2)12(16)14-8-7-10-3-5-11(6-4-10)15(17)18/h3-6,9,13H,7-8H2,1-2H3,(H,14,16). The maximum Gasteiger partial charge on any atom is 0.269 e. The monoisotopic (exact) mass is 251 g/mol. The van der Waals surface area contributed by atoms with Crippen LogP contribution < -0.4 is 10.6 Å². The molecule has 0 aromatic heterocycles. The summed E-state index contributed by atoms with van der Waals surface area (Å²) in [5.74, 6) is -0.0561. The molecule has 6 heteroatoms. The van der Waals surface area contributed by atoms with E-state index in [0.717, 1.165) is 5.56 Å². The number of benzene rings is 1. The third-order valence-corrected chi connectivity index (χ3v) is 2.69. The Morgan fingerprint density at radius 2 is 2.00 bits per heavy atom. The third-order valence-electron chi connectivity index (χ3n) is 2.69. The number of carbonyl (C=O) groups excluding carboxylic acids is 1. The molecule has 1 atom stereocenters. The number of nitrogens with zero attached hydrogens (tertiary/aromatic N) is 1. The van der Waals surface area contributed by atoms with Gasteiger partial charge in [0.05, 0.1) is 11.0 Å². The van der Waals surface area contributed by atoms with Gasteiger partial charge in [-0.3, -0.25) is 14.9 Å². The summed E-state index contributed by atoms with van der Waals surface area (Å²) in [6.45, 7) is 2.30. The van der Waals surface area contributed by atoms with E-state index in [1.54, 1.807) is 26.1 Å². The first-order valence-electron chi connectivity index (χ1n) is 5.73. The van der Waals surface area contributed by atoms with Gasteiger partial charge in [0.25, 0.3) is 5.69 Å². The largest absolute Gasteiger partial charge is 0.354 e. The Bertz CT molecular complexity index is 417. The van der Waals surface area contributed by atoms with Gasteiger partial charge in [0.2, 0.25) is 5.91 Å². The van der Waals surface area contributed by atoms with Gasteiger partial charge in [-0.05, 0) is 26.0 Å². The maximum atomic E-state index is 11.4. The third kappa shape index (κ3) is 4.14. The summed E-state index contributed by atoms with van der Waals surface area (Å²) >= 11 is 0. The lowest BCUT2D eigenvalue weighted by atomic mass is 10.1. The van der Waals surface area contributed by atoms with Gasteiger partial charge in [-0.15, -0.1) is 0 Å². The number of nitro benzene ring substituents is 1. The van der Waals surface area contributed by atoms with Crippen LogP contribution in [0.15, 0.2) is 24.3 Å². The number of likely N-dealkylation sites (N-methyl/N-ethyl adjacent to an activating group) is 1. The summed E-state index contributed by atoms with van der Waals surface area (Å²) in [4.78, 5) is 21.5. The second-order valence-electron chi connectivity index (χ2n) is 3.97. The van der Waals surface area contributed by atoms with Crippen molar-refractivity contribution in [1.29, 1.82) is 0 Å². The molecule has 98 valence electrons. The zero-order valence-corrected chi connectivity index (χ0v) is 10.5. The van der Waals surface area contributed by atoms with Gasteiger partial charge in [0, 0.05) is 18.7 Å². The molecule has 0 heterocycles. The molecule has 1 unspecified atom stereocenters. The summed E-state index contributed by atoms with van der Waals surface area (Å²) in [5, 5.41) is 16.1. The van der Waals surface area contributed by atoms with Gasteiger partial charge in [-0.25, -0.2) is 0 Å². The number of non-ortho nitro benzene ring substituents is 1. The van der Waals surface area contributed by atoms with Crippen molar-refractivity contribution in [3.63, 3.8) is 0 Å². The number of rotatable bonds is 6. The van der Waals surface area contributed by atoms with Crippen molar-refractivity contribution in [1.82, 2.24) is 10.6 Å². The Morgan fingerprint density at radius 1 is 1.39 bits per heavy atom. The van der Waals surface area contributed by atoms with Crippen molar-refractivity contribution in [2.75, 3.05) is 13.6 Å². The average Bonchev–Trinajstić information content (AvgIpc) is 2.38. The molecule has 0 fully saturated rings. The zero-order valence-electron chi connectivity index (χ0n) is 10.5. The van der Waals surface area contributed by atoms with E-state index in [0.29, 0.717) is 13.0 Å². The molecule has 0 saturated carbocycles. The van der Waals surface area contributed by atoms with Crippen LogP contribution in [0.4, 0.5) is 5.69 Å². The van der Waals surface area contributed by atoms with Gasteiger partial charge in [-0.2, -0.15) is 0 Å². The molecule has 0 spiro atoms. The number of hydrogen-bond donors (Lipinski definition) is 2. The summed E-state index contributed by atoms with van der Waals surface area (Å²) in [6.07, 6.45) is 0.653. The number of nitrogens with one attached hydrogen (secondary N) is 2. The van der Waals surface area contributed by atoms with Crippen molar-refractivity contribution in [3.05, 3.63) is 39.9 Å². The van der Waals surface area contributed by atoms with Crippen LogP contribution in [0.25, 0.3) is 0 Å². The Hall–Kier alpha value is -1.95. The number of amides is 1. The first-order chi connectivity index (χ1) is 8.54. The van der Waals surface area contributed by atoms with Gasteiger partial charge >= 0.3 is 0 Å². The normalized spacial score (nSPS) is 11.9. The van der Waals surface area contributed by atoms with Gasteiger partial charge in [0.1, 0.15) is 0 Å². The van der Waals surface area contributed by atoms with E-state index in [-0.39, 0.29) is 17.6 Å². The Labute approximate surface area is 106 Å². The number of hydrogen-bond acceptors (Lipinski definition) is 4. The average molecular weight is 251 g/mol. The SMILES string of the molecule is CNC(C)C(=O)NCCc1ccc([N+](=O)[O-])cc1. The first kappa shape index (κ1) is 14.1. The molecule has 1 aromatic rings. The van der Waals surface area contributed by atoms with Crippen LogP contribution in [0.1, 0.15) is 12.5 Å². The minimum atomic E-state index is -0.430. The van der Waals surface area contributed by atoms with Crippen molar-refractivity contribution in [2.24, 2.45) is 0 Å². The zero-order chi connectivity index (χ0) is 13.5. The smallest absolute Gasteiger partial charge is 0.269 e. The minimum Gasteiger partial charge on any atom is -0.354 e. The quantitative estimate of drug-likeness (QED) is 0.580. The summed E-state index contributed by atoms with van der Waals surface area (Å²) in [7, 11) is 1.72. The second kappa shape index (κ2) is 6.70. The van der Waals surface area contributed by atoms with Crippen LogP contribution in [0.3, 0.4) is 0 Å². The highest BCUT2D eigenvalue weighted by atomic mass is 16.6. The molecule has 1 aromatic carbocycles. The maximum absolute atomic E-state index is 11.4. The molecule has 18 heavy (non-hydrogen) atoms. The van der Waals surface area contributed by atoms with Gasteiger partial charge in [-0.1, -0.05) is 12.1 Å². The highest BCUT2D eigenvalue weighted by molar-refractivity contribution is 5.81. The lowest BCUT2D eigenvalue weighted by Gasteiger charge is -2.10. The second-order valence-corrected chi connectivity index (χ2v) is 3.97. The van der Waals surface area contributed by atoms with Crippen molar-refractivity contribution >= 4 is 11.6 Å². The van der Waals surface area contributed by atoms with E-state index in [4.69, 9.17) is 0 Å². The summed E-state index contributed by atoms with van der Waals surface area (Å²) in [6, 6.07) is 6.11. The van der Waals surface area contributed by atoms with Crippen LogP contribution in [-0.2, 0) is 11.2 Å². The molecule has 0 radical (unpaired) electrons. The lowest BCUT2D eigenvalue weighted by molar-refractivity contribution is -0.384. The fraction of sp³-hybridized carbons (Fsp3) is 0.417. The predicted octanol–water partition coefficient (Wildman–Crippen LogP) is 0.861. The summed E-state index contributed by atoms with van der Waals surface area (Å²) < 4.78 is 0. The highest BCUT2D eigenvalue weighted by Gasteiger charge is 2.09. The van der Waals surface area contributed by atoms with E-state index >= 15 is 0 Å². The van der Waals surface area contributed by atoms with E-state index < -0.39 is 4.92 Å². The molecule has 0 saturated heterocycles. The van der Waals surface area contributed by atoms with Gasteiger partial charge < -0.3 is 10.6 Å². The molecule has 6 nitrogen and oxygen atoms in total. The van der Waals surface area contributed by atoms with Gasteiger partial charge in [0.15, 0.2) is 0 Å². The molecular formula is C12H17N3O3. The van der Waals surface area contributed by atoms with E-state index in [1.807, 2.05) is 0 Å². The van der Waals surface area contributed by atoms with Crippen LogP contribution in [0.2, 0.25) is 0 Å². The molecular weight excluding hydrogens is 234 g/mol. The van der Waals surface area contributed by atoms with E-state index in [9.17, 15) is 14.9 Å². The van der Waals surface area contributed by atoms with Crippen molar-refractivity contribution < 1.29 is 9.72 Å². The predicted molar refractivity (Wildman–Crippen MR) is 68.3 cm³/mol. The fourth-order valence-corrected chi connectivity index (χ4v) is 1.40. The molecule has 2 N–H and O–H groups in total. The molecule has 0 aliphatic rings. The summed E-state index contributed by atoms with van der Waals surface area (Å²) in [5.41, 5.74) is 1.03. The van der Waals surface area contributed by atoms with Crippen molar-refractivity contribution in [3.8, 4) is 0 Å². The van der Waals surface area contributed by atoms with E-state index in [1.165, 1.54) is 12.1 Å².